The van der Waals surface area contributed by atoms with Crippen LogP contribution in [0.15, 0.2) is 34.1 Å². The molecule has 30 heavy (non-hydrogen) atoms. The second-order valence-corrected chi connectivity index (χ2v) is 8.86. The summed E-state index contributed by atoms with van der Waals surface area (Å²) in [5, 5.41) is 3.64. The molecule has 0 bridgehead atoms. The highest BCUT2D eigenvalue weighted by molar-refractivity contribution is 8.00. The van der Waals surface area contributed by atoms with Crippen LogP contribution in [0.5, 0.6) is 0 Å². The summed E-state index contributed by atoms with van der Waals surface area (Å²) < 4.78 is 1.88. The first-order chi connectivity index (χ1) is 14.5. The van der Waals surface area contributed by atoms with Crippen molar-refractivity contribution in [3.63, 3.8) is 0 Å². The van der Waals surface area contributed by atoms with Gasteiger partial charge in [0.1, 0.15) is 5.03 Å². The quantitative estimate of drug-likeness (QED) is 0.448. The number of nitrogens with zero attached hydrogens (tertiary/aromatic N) is 2. The lowest BCUT2D eigenvalue weighted by molar-refractivity contribution is -0.896. The smallest absolute Gasteiger partial charge is 0.335 e. The number of rotatable bonds is 10. The van der Waals surface area contributed by atoms with Crippen LogP contribution in [0.4, 0.5) is 5.69 Å². The molecular weight excluding hydrogens is 396 g/mol. The Bertz CT molecular complexity index is 920. The second-order valence-electron chi connectivity index (χ2n) is 7.89. The van der Waals surface area contributed by atoms with E-state index in [4.69, 9.17) is 0 Å². The largest absolute Gasteiger partial charge is 0.348 e. The molecule has 0 unspecified atom stereocenters. The molecule has 1 aromatic heterocycles. The Morgan fingerprint density at radius 3 is 2.63 bits per heavy atom. The van der Waals surface area contributed by atoms with E-state index in [1.807, 2.05) is 35.8 Å². The summed E-state index contributed by atoms with van der Waals surface area (Å²) in [5.41, 5.74) is 4.06. The van der Waals surface area contributed by atoms with Crippen LogP contribution in [-0.4, -0.2) is 40.8 Å². The first-order valence-corrected chi connectivity index (χ1v) is 12.0. The van der Waals surface area contributed by atoms with E-state index in [1.54, 1.807) is 4.90 Å². The zero-order valence-corrected chi connectivity index (χ0v) is 19.1. The lowest BCUT2D eigenvalue weighted by atomic mass is 10.2. The molecule has 1 heterocycles. The van der Waals surface area contributed by atoms with Gasteiger partial charge in [-0.25, -0.2) is 4.79 Å². The van der Waals surface area contributed by atoms with Gasteiger partial charge in [0.2, 0.25) is 5.91 Å². The van der Waals surface area contributed by atoms with Crippen molar-refractivity contribution >= 4 is 23.4 Å². The number of quaternary nitrogens is 1. The van der Waals surface area contributed by atoms with Gasteiger partial charge in [-0.3, -0.25) is 9.36 Å². The maximum Gasteiger partial charge on any atom is 0.348 e. The SMILES string of the molecule is CC[NH+](CC)CCCn1c2c(c(SCC(=O)Nc3ccc(C)cc3)nc1=O)CCC2. The standard InChI is InChI=1S/C23H32N4O2S/c1-4-26(5-2)14-7-15-27-20-9-6-8-19(20)22(25-23(27)29)30-16-21(28)24-18-12-10-17(3)11-13-18/h10-13H,4-9,14-16H2,1-3H3,(H,24,28)/p+1. The number of aromatic nitrogens is 2. The van der Waals surface area contributed by atoms with Gasteiger partial charge in [-0.1, -0.05) is 29.5 Å². The van der Waals surface area contributed by atoms with Crippen molar-refractivity contribution in [1.29, 1.82) is 0 Å². The lowest BCUT2D eigenvalue weighted by Gasteiger charge is -2.17. The number of thioether (sulfide) groups is 1. The topological polar surface area (TPSA) is 68.4 Å². The molecule has 2 aromatic rings. The second kappa shape index (κ2) is 10.8. The number of benzene rings is 1. The normalized spacial score (nSPS) is 12.9. The number of aryl methyl sites for hydroxylation is 1. The van der Waals surface area contributed by atoms with Crippen LogP contribution in [-0.2, 0) is 24.2 Å². The number of amides is 1. The molecule has 0 atom stereocenters. The molecule has 0 saturated heterocycles. The third-order valence-corrected chi connectivity index (χ3v) is 6.81. The number of carbonyl (C=O) groups is 1. The number of nitrogens with one attached hydrogen (secondary N) is 2. The third kappa shape index (κ3) is 5.73. The highest BCUT2D eigenvalue weighted by atomic mass is 32.2. The molecule has 0 radical (unpaired) electrons. The van der Waals surface area contributed by atoms with Crippen LogP contribution < -0.4 is 15.9 Å². The van der Waals surface area contributed by atoms with Crippen LogP contribution in [0, 0.1) is 6.92 Å². The van der Waals surface area contributed by atoms with E-state index < -0.39 is 0 Å². The zero-order valence-electron chi connectivity index (χ0n) is 18.3. The monoisotopic (exact) mass is 429 g/mol. The van der Waals surface area contributed by atoms with Gasteiger partial charge in [0.25, 0.3) is 0 Å². The predicted molar refractivity (Wildman–Crippen MR) is 123 cm³/mol. The van der Waals surface area contributed by atoms with Gasteiger partial charge in [-0.2, -0.15) is 4.98 Å². The van der Waals surface area contributed by atoms with Crippen molar-refractivity contribution in [2.24, 2.45) is 0 Å². The number of carbonyl (C=O) groups excluding carboxylic acids is 1. The number of hydrogen-bond donors (Lipinski definition) is 2. The molecule has 0 aliphatic heterocycles. The first kappa shape index (κ1) is 22.6. The molecule has 1 aliphatic carbocycles. The molecule has 7 heteroatoms. The third-order valence-electron chi connectivity index (χ3n) is 5.79. The Labute approximate surface area is 183 Å². The Kier molecular flexibility index (Phi) is 8.10. The summed E-state index contributed by atoms with van der Waals surface area (Å²) in [6.07, 6.45) is 3.89. The van der Waals surface area contributed by atoms with E-state index in [-0.39, 0.29) is 17.3 Å². The van der Waals surface area contributed by atoms with Crippen LogP contribution in [0.25, 0.3) is 0 Å². The number of hydrogen-bond acceptors (Lipinski definition) is 4. The minimum Gasteiger partial charge on any atom is -0.335 e. The summed E-state index contributed by atoms with van der Waals surface area (Å²) in [7, 11) is 0. The zero-order chi connectivity index (χ0) is 21.5. The predicted octanol–water partition coefficient (Wildman–Crippen LogP) is 2.09. The summed E-state index contributed by atoms with van der Waals surface area (Å²) in [4.78, 5) is 31.0. The van der Waals surface area contributed by atoms with Crippen molar-refractivity contribution in [3.8, 4) is 0 Å². The van der Waals surface area contributed by atoms with E-state index in [9.17, 15) is 9.59 Å². The minimum absolute atomic E-state index is 0.0798. The van der Waals surface area contributed by atoms with Crippen LogP contribution in [0.3, 0.4) is 0 Å². The molecule has 2 N–H and O–H groups in total. The molecular formula is C23H33N4O2S+. The van der Waals surface area contributed by atoms with Gasteiger partial charge in [0, 0.05) is 29.9 Å². The fourth-order valence-electron chi connectivity index (χ4n) is 3.99. The average molecular weight is 430 g/mol. The molecule has 162 valence electrons. The van der Waals surface area contributed by atoms with Crippen LogP contribution in [0.2, 0.25) is 0 Å². The van der Waals surface area contributed by atoms with Gasteiger partial charge >= 0.3 is 5.69 Å². The number of anilines is 1. The Morgan fingerprint density at radius 1 is 1.20 bits per heavy atom. The minimum atomic E-state index is -0.174. The van der Waals surface area contributed by atoms with E-state index >= 15 is 0 Å². The Hall–Kier alpha value is -2.12. The van der Waals surface area contributed by atoms with E-state index in [1.165, 1.54) is 11.8 Å². The highest BCUT2D eigenvalue weighted by Gasteiger charge is 2.22. The first-order valence-electron chi connectivity index (χ1n) is 11.0. The molecule has 0 fully saturated rings. The van der Waals surface area contributed by atoms with Gasteiger partial charge in [-0.15, -0.1) is 0 Å². The molecule has 0 spiro atoms. The van der Waals surface area contributed by atoms with Gasteiger partial charge in [0.05, 0.1) is 25.4 Å². The van der Waals surface area contributed by atoms with E-state index in [2.05, 4.69) is 24.1 Å². The molecule has 0 saturated carbocycles. The summed E-state index contributed by atoms with van der Waals surface area (Å²) >= 11 is 1.37. The van der Waals surface area contributed by atoms with Gasteiger partial charge < -0.3 is 10.2 Å². The van der Waals surface area contributed by atoms with Crippen molar-refractivity contribution in [2.45, 2.75) is 58.0 Å². The molecule has 1 amide bonds. The van der Waals surface area contributed by atoms with Crippen molar-refractivity contribution < 1.29 is 9.69 Å². The van der Waals surface area contributed by atoms with Crippen molar-refractivity contribution in [2.75, 3.05) is 30.7 Å². The van der Waals surface area contributed by atoms with Crippen molar-refractivity contribution in [3.05, 3.63) is 51.6 Å². The average Bonchev–Trinajstić information content (AvgIpc) is 3.23. The molecule has 6 nitrogen and oxygen atoms in total. The maximum atomic E-state index is 12.7. The maximum absolute atomic E-state index is 12.7. The van der Waals surface area contributed by atoms with Crippen LogP contribution >= 0.6 is 11.8 Å². The fraction of sp³-hybridized carbons (Fsp3) is 0.522. The summed E-state index contributed by atoms with van der Waals surface area (Å²) in [5.74, 6) is 0.172. The Balaban J connectivity index is 1.64. The molecule has 1 aromatic carbocycles. The number of fused-ring (bicyclic) bond motifs is 1. The highest BCUT2D eigenvalue weighted by Crippen LogP contribution is 2.29. The lowest BCUT2D eigenvalue weighted by Crippen LogP contribution is -3.11. The Morgan fingerprint density at radius 2 is 1.93 bits per heavy atom. The molecule has 3 rings (SSSR count). The summed E-state index contributed by atoms with van der Waals surface area (Å²) in [6.45, 7) is 10.4. The summed E-state index contributed by atoms with van der Waals surface area (Å²) in [6, 6.07) is 7.74. The van der Waals surface area contributed by atoms with Gasteiger partial charge in [-0.05, 0) is 52.2 Å². The van der Waals surface area contributed by atoms with Gasteiger partial charge in [0.15, 0.2) is 0 Å². The van der Waals surface area contributed by atoms with Crippen LogP contribution in [0.1, 0.15) is 43.5 Å². The van der Waals surface area contributed by atoms with E-state index in [0.29, 0.717) is 0 Å². The molecule has 1 aliphatic rings. The fourth-order valence-corrected chi connectivity index (χ4v) is 4.87. The van der Waals surface area contributed by atoms with E-state index in [0.717, 1.165) is 79.4 Å². The van der Waals surface area contributed by atoms with Crippen molar-refractivity contribution in [1.82, 2.24) is 9.55 Å².